The lowest BCUT2D eigenvalue weighted by molar-refractivity contribution is 0.0860. The lowest BCUT2D eigenvalue weighted by atomic mass is 10.0. The van der Waals surface area contributed by atoms with Crippen molar-refractivity contribution >= 4 is 17.7 Å². The molecular formula is C14H20N4O3. The topological polar surface area (TPSA) is 97.5 Å². The maximum absolute atomic E-state index is 12.1. The van der Waals surface area contributed by atoms with Gasteiger partial charge >= 0.3 is 6.09 Å². The van der Waals surface area contributed by atoms with Crippen LogP contribution in [0.5, 0.6) is 0 Å². The van der Waals surface area contributed by atoms with Crippen LogP contribution in [0.1, 0.15) is 30.1 Å². The van der Waals surface area contributed by atoms with E-state index in [9.17, 15) is 9.59 Å². The molecule has 0 saturated carbocycles. The molecule has 2 rings (SSSR count). The molecule has 7 nitrogen and oxygen atoms in total. The van der Waals surface area contributed by atoms with Gasteiger partial charge < -0.3 is 20.7 Å². The molecule has 1 saturated heterocycles. The van der Waals surface area contributed by atoms with Crippen molar-refractivity contribution in [3.63, 3.8) is 0 Å². The Hall–Kier alpha value is -2.31. The first kappa shape index (κ1) is 15.1. The molecule has 1 fully saturated rings. The van der Waals surface area contributed by atoms with E-state index in [2.05, 4.69) is 10.3 Å². The van der Waals surface area contributed by atoms with Gasteiger partial charge in [0.1, 0.15) is 0 Å². The van der Waals surface area contributed by atoms with Crippen LogP contribution >= 0.6 is 0 Å². The molecule has 0 radical (unpaired) electrons. The minimum absolute atomic E-state index is 0.0377. The molecule has 1 aromatic rings. The number of nitrogens with two attached hydrogens (primary N) is 1. The van der Waals surface area contributed by atoms with Crippen molar-refractivity contribution < 1.29 is 14.3 Å². The van der Waals surface area contributed by atoms with Crippen LogP contribution in [0, 0.1) is 0 Å². The average Bonchev–Trinajstić information content (AvgIpc) is 2.48. The van der Waals surface area contributed by atoms with E-state index in [1.807, 2.05) is 0 Å². The number of rotatable bonds is 3. The van der Waals surface area contributed by atoms with E-state index in [0.717, 1.165) is 0 Å². The van der Waals surface area contributed by atoms with Gasteiger partial charge in [-0.3, -0.25) is 9.78 Å². The molecule has 0 aromatic carbocycles. The van der Waals surface area contributed by atoms with E-state index in [1.54, 1.807) is 17.9 Å². The number of aromatic nitrogens is 1. The Labute approximate surface area is 123 Å². The van der Waals surface area contributed by atoms with E-state index in [1.165, 1.54) is 12.4 Å². The van der Waals surface area contributed by atoms with Crippen molar-refractivity contribution in [3.8, 4) is 0 Å². The summed E-state index contributed by atoms with van der Waals surface area (Å²) >= 11 is 0. The molecule has 3 N–H and O–H groups in total. The predicted molar refractivity (Wildman–Crippen MR) is 77.7 cm³/mol. The van der Waals surface area contributed by atoms with Crippen molar-refractivity contribution in [3.05, 3.63) is 24.0 Å². The van der Waals surface area contributed by atoms with E-state index < -0.39 is 0 Å². The summed E-state index contributed by atoms with van der Waals surface area (Å²) in [5.74, 6) is -0.204. The zero-order valence-corrected chi connectivity index (χ0v) is 12.0. The van der Waals surface area contributed by atoms with Crippen molar-refractivity contribution in [1.29, 1.82) is 0 Å². The van der Waals surface area contributed by atoms with Crippen LogP contribution in [0.15, 0.2) is 18.5 Å². The Kier molecular flexibility index (Phi) is 4.97. The second-order valence-corrected chi connectivity index (χ2v) is 4.90. The molecule has 0 unspecified atom stereocenters. The predicted octanol–water partition coefficient (Wildman–Crippen LogP) is 1.01. The molecule has 114 valence electrons. The second kappa shape index (κ2) is 6.92. The normalized spacial score (nSPS) is 15.6. The number of hydrogen-bond acceptors (Lipinski definition) is 5. The van der Waals surface area contributed by atoms with Crippen LogP contribution in [-0.2, 0) is 4.74 Å². The number of ether oxygens (including phenoxy) is 1. The zero-order valence-electron chi connectivity index (χ0n) is 12.0. The second-order valence-electron chi connectivity index (χ2n) is 4.90. The summed E-state index contributed by atoms with van der Waals surface area (Å²) in [6.45, 7) is 3.31. The third kappa shape index (κ3) is 3.84. The highest BCUT2D eigenvalue weighted by molar-refractivity contribution is 5.99. The third-order valence-electron chi connectivity index (χ3n) is 3.45. The number of amides is 2. The third-order valence-corrected chi connectivity index (χ3v) is 3.45. The van der Waals surface area contributed by atoms with Gasteiger partial charge in [0.2, 0.25) is 0 Å². The van der Waals surface area contributed by atoms with Gasteiger partial charge in [-0.15, -0.1) is 0 Å². The van der Waals surface area contributed by atoms with Gasteiger partial charge in [-0.1, -0.05) is 0 Å². The molecule has 2 amide bonds. The summed E-state index contributed by atoms with van der Waals surface area (Å²) in [6, 6.07) is 1.63. The minimum atomic E-state index is -0.291. The fraction of sp³-hybridized carbons (Fsp3) is 0.500. The Morgan fingerprint density at radius 1 is 1.48 bits per heavy atom. The Morgan fingerprint density at radius 3 is 2.81 bits per heavy atom. The van der Waals surface area contributed by atoms with Crippen LogP contribution in [0.4, 0.5) is 10.5 Å². The summed E-state index contributed by atoms with van der Waals surface area (Å²) in [5, 5.41) is 2.94. The first-order chi connectivity index (χ1) is 10.1. The fourth-order valence-electron chi connectivity index (χ4n) is 2.30. The number of carbonyl (C=O) groups excluding carboxylic acids is 2. The molecule has 21 heavy (non-hydrogen) atoms. The number of nitrogen functional groups attached to an aromatic ring is 1. The fourth-order valence-corrected chi connectivity index (χ4v) is 2.30. The number of piperidine rings is 1. The highest BCUT2D eigenvalue weighted by atomic mass is 16.6. The maximum Gasteiger partial charge on any atom is 0.409 e. The molecule has 1 aliphatic heterocycles. The Morgan fingerprint density at radius 2 is 2.19 bits per heavy atom. The van der Waals surface area contributed by atoms with Gasteiger partial charge in [0.25, 0.3) is 5.91 Å². The Balaban J connectivity index is 1.85. The molecule has 1 aromatic heterocycles. The molecule has 0 spiro atoms. The maximum atomic E-state index is 12.1. The van der Waals surface area contributed by atoms with Crippen molar-refractivity contribution in [2.75, 3.05) is 25.4 Å². The molecule has 7 heteroatoms. The molecule has 1 aliphatic rings. The largest absolute Gasteiger partial charge is 0.450 e. The highest BCUT2D eigenvalue weighted by Crippen LogP contribution is 2.14. The lowest BCUT2D eigenvalue weighted by Crippen LogP contribution is -2.46. The zero-order chi connectivity index (χ0) is 15.2. The van der Waals surface area contributed by atoms with E-state index >= 15 is 0 Å². The molecule has 0 bridgehead atoms. The van der Waals surface area contributed by atoms with E-state index in [0.29, 0.717) is 43.8 Å². The minimum Gasteiger partial charge on any atom is -0.450 e. The summed E-state index contributed by atoms with van der Waals surface area (Å²) in [7, 11) is 0. The SMILES string of the molecule is CCOC(=O)N1CCC(NC(=O)c2ccncc2N)CC1. The van der Waals surface area contributed by atoms with Gasteiger partial charge in [0.05, 0.1) is 24.1 Å². The first-order valence-electron chi connectivity index (χ1n) is 7.04. The number of anilines is 1. The van der Waals surface area contributed by atoms with Crippen LogP contribution < -0.4 is 11.1 Å². The van der Waals surface area contributed by atoms with Crippen molar-refractivity contribution in [2.45, 2.75) is 25.8 Å². The average molecular weight is 292 g/mol. The Bertz CT molecular complexity index is 513. The summed E-state index contributed by atoms with van der Waals surface area (Å²) in [6.07, 6.45) is 4.11. The number of likely N-dealkylation sites (tertiary alicyclic amines) is 1. The first-order valence-corrected chi connectivity index (χ1v) is 7.04. The summed E-state index contributed by atoms with van der Waals surface area (Å²) in [4.78, 5) is 29.2. The summed E-state index contributed by atoms with van der Waals surface area (Å²) < 4.78 is 4.96. The number of pyridine rings is 1. The monoisotopic (exact) mass is 292 g/mol. The molecule has 0 aliphatic carbocycles. The van der Waals surface area contributed by atoms with Crippen molar-refractivity contribution in [2.24, 2.45) is 0 Å². The molecular weight excluding hydrogens is 272 g/mol. The van der Waals surface area contributed by atoms with Crippen LogP contribution in [0.2, 0.25) is 0 Å². The van der Waals surface area contributed by atoms with Gasteiger partial charge in [-0.25, -0.2) is 4.79 Å². The summed E-state index contributed by atoms with van der Waals surface area (Å²) in [5.41, 5.74) is 6.52. The van der Waals surface area contributed by atoms with Gasteiger partial charge in [-0.2, -0.15) is 0 Å². The molecule has 2 heterocycles. The van der Waals surface area contributed by atoms with E-state index in [4.69, 9.17) is 10.5 Å². The number of nitrogens with zero attached hydrogens (tertiary/aromatic N) is 2. The molecule has 0 atom stereocenters. The van der Waals surface area contributed by atoms with Gasteiger partial charge in [-0.05, 0) is 25.8 Å². The van der Waals surface area contributed by atoms with Crippen LogP contribution in [0.3, 0.4) is 0 Å². The standard InChI is InChI=1S/C14H20N4O3/c1-2-21-14(20)18-7-4-10(5-8-18)17-13(19)11-3-6-16-9-12(11)15/h3,6,9-10H,2,4-5,7-8,15H2,1H3,(H,17,19). The highest BCUT2D eigenvalue weighted by Gasteiger charge is 2.25. The van der Waals surface area contributed by atoms with E-state index in [-0.39, 0.29) is 18.0 Å². The number of carbonyl (C=O) groups is 2. The van der Waals surface area contributed by atoms with Crippen molar-refractivity contribution in [1.82, 2.24) is 15.2 Å². The lowest BCUT2D eigenvalue weighted by Gasteiger charge is -2.31. The number of hydrogen-bond donors (Lipinski definition) is 2. The quantitative estimate of drug-likeness (QED) is 0.866. The van der Waals surface area contributed by atoms with Crippen LogP contribution in [0.25, 0.3) is 0 Å². The smallest absolute Gasteiger partial charge is 0.409 e. The van der Waals surface area contributed by atoms with Gasteiger partial charge in [0.15, 0.2) is 0 Å². The van der Waals surface area contributed by atoms with Gasteiger partial charge in [0, 0.05) is 25.3 Å². The van der Waals surface area contributed by atoms with Crippen LogP contribution in [-0.4, -0.2) is 47.6 Å². The number of nitrogens with one attached hydrogen (secondary N) is 1.